The quantitative estimate of drug-likeness (QED) is 0.0583. The molecule has 8 atom stereocenters. The molecule has 1 saturated heterocycles. The zero-order valence-electron chi connectivity index (χ0n) is 29.6. The Morgan fingerprint density at radius 3 is 2.21 bits per heavy atom. The van der Waals surface area contributed by atoms with Crippen LogP contribution in [0.5, 0.6) is 5.75 Å². The molecule has 0 spiro atoms. The molecule has 24 heteroatoms. The number of halogens is 2. The van der Waals surface area contributed by atoms with Gasteiger partial charge in [-0.15, -0.1) is 0 Å². The van der Waals surface area contributed by atoms with Gasteiger partial charge in [0.25, 0.3) is 5.56 Å². The number of aliphatic hydroxyl groups is 4. The van der Waals surface area contributed by atoms with E-state index < -0.39 is 89.0 Å². The zero-order chi connectivity index (χ0) is 41.6. The molecule has 1 unspecified atom stereocenters. The Morgan fingerprint density at radius 1 is 1.04 bits per heavy atom. The molecule has 1 aliphatic heterocycles. The number of hydrogen-bond acceptors (Lipinski definition) is 16. The standard InChI is InChI=1S/C20H25N5O10.C13H12F2N6O/c1-7(13(28)9-3-2-8(26)6-22-9)11(21)17(31)24-12(19(32)33)16-14(29)15(30)18(35-16)25-5-4-10(27)23-20(25)34;14-10-1-2-11(12(15)3-10)13(22,4-20-8-16-6-18-20)5-21-9-17-7-19-21/h2-7,11-16,18,26,28-30H,21H2,1H3,(H,24,31)(H,32,33)(H,23,27,34);1-3,6-9,22H,4-5H2/t7-,11-,12-,13-,14-,15+,16+,18?;/m0./s1. The molecule has 0 saturated carbocycles. The molecule has 1 aromatic carbocycles. The van der Waals surface area contributed by atoms with Crippen molar-refractivity contribution in [3.8, 4) is 5.75 Å². The van der Waals surface area contributed by atoms with E-state index in [1.807, 2.05) is 4.98 Å². The lowest BCUT2D eigenvalue weighted by atomic mass is 9.92. The molecule has 1 fully saturated rings. The maximum atomic E-state index is 14.1. The van der Waals surface area contributed by atoms with Gasteiger partial charge in [-0.3, -0.25) is 24.1 Å². The number of rotatable bonds is 13. The molecule has 0 radical (unpaired) electrons. The maximum absolute atomic E-state index is 14.1. The van der Waals surface area contributed by atoms with Gasteiger partial charge in [0.2, 0.25) is 5.91 Å². The lowest BCUT2D eigenvalue weighted by Gasteiger charge is -2.28. The number of nitrogens with two attached hydrogens (primary N) is 1. The van der Waals surface area contributed by atoms with Gasteiger partial charge in [0, 0.05) is 29.8 Å². The molecule has 0 aliphatic carbocycles. The summed E-state index contributed by atoms with van der Waals surface area (Å²) in [4.78, 5) is 61.2. The molecule has 22 nitrogen and oxygen atoms in total. The number of amides is 1. The van der Waals surface area contributed by atoms with Crippen LogP contribution in [0.4, 0.5) is 8.78 Å². The fraction of sp³-hybridized carbons (Fsp3) is 0.364. The van der Waals surface area contributed by atoms with Gasteiger partial charge >= 0.3 is 11.7 Å². The maximum Gasteiger partial charge on any atom is 0.330 e. The molecule has 304 valence electrons. The minimum atomic E-state index is -1.90. The number of ether oxygens (including phenoxy) is 1. The third-order valence-electron chi connectivity index (χ3n) is 8.95. The second-order valence-corrected chi connectivity index (χ2v) is 12.9. The van der Waals surface area contributed by atoms with Gasteiger partial charge in [-0.2, -0.15) is 10.2 Å². The highest BCUT2D eigenvalue weighted by Crippen LogP contribution is 2.31. The number of benzene rings is 1. The Balaban J connectivity index is 0.000000241. The van der Waals surface area contributed by atoms with Crippen LogP contribution in [-0.2, 0) is 33.0 Å². The Labute approximate surface area is 318 Å². The summed E-state index contributed by atoms with van der Waals surface area (Å²) in [5, 5.41) is 71.1. The number of aliphatic carboxylic acids is 1. The number of carboxylic acid groups (broad SMARTS) is 1. The Hall–Kier alpha value is -6.31. The number of aromatic hydroxyl groups is 1. The number of aliphatic hydroxyl groups excluding tert-OH is 3. The fourth-order valence-corrected chi connectivity index (χ4v) is 5.88. The predicted molar refractivity (Wildman–Crippen MR) is 185 cm³/mol. The van der Waals surface area contributed by atoms with Crippen LogP contribution in [0, 0.1) is 17.6 Å². The van der Waals surface area contributed by atoms with E-state index in [4.69, 9.17) is 10.5 Å². The number of H-pyrrole nitrogens is 1. The number of carboxylic acids is 1. The molecule has 4 aromatic heterocycles. The van der Waals surface area contributed by atoms with Crippen molar-refractivity contribution in [1.29, 1.82) is 0 Å². The first-order valence-corrected chi connectivity index (χ1v) is 16.8. The first-order chi connectivity index (χ1) is 27.0. The van der Waals surface area contributed by atoms with Gasteiger partial charge in [-0.1, -0.05) is 13.0 Å². The molecule has 1 aliphatic rings. The van der Waals surface area contributed by atoms with E-state index in [-0.39, 0.29) is 30.1 Å². The minimum Gasteiger partial charge on any atom is -0.506 e. The van der Waals surface area contributed by atoms with E-state index in [2.05, 4.69) is 30.5 Å². The van der Waals surface area contributed by atoms with Gasteiger partial charge < -0.3 is 46.4 Å². The highest BCUT2D eigenvalue weighted by molar-refractivity contribution is 5.87. The monoisotopic (exact) mass is 801 g/mol. The summed E-state index contributed by atoms with van der Waals surface area (Å²) >= 11 is 0. The summed E-state index contributed by atoms with van der Waals surface area (Å²) in [5.41, 5.74) is 2.58. The Kier molecular flexibility index (Phi) is 13.0. The molecule has 57 heavy (non-hydrogen) atoms. The van der Waals surface area contributed by atoms with Crippen LogP contribution in [0.3, 0.4) is 0 Å². The van der Waals surface area contributed by atoms with E-state index in [1.165, 1.54) is 59.8 Å². The van der Waals surface area contributed by atoms with Crippen LogP contribution in [0.1, 0.15) is 30.5 Å². The first kappa shape index (κ1) is 41.8. The van der Waals surface area contributed by atoms with E-state index in [1.54, 1.807) is 0 Å². The lowest BCUT2D eigenvalue weighted by Crippen LogP contribution is -2.57. The molecular formula is C33H37F2N11O11. The molecule has 5 heterocycles. The van der Waals surface area contributed by atoms with Crippen molar-refractivity contribution in [3.63, 3.8) is 0 Å². The van der Waals surface area contributed by atoms with Crippen LogP contribution in [0.2, 0.25) is 0 Å². The normalized spacial score (nSPS) is 20.1. The molecule has 6 rings (SSSR count). The molecule has 0 bridgehead atoms. The van der Waals surface area contributed by atoms with Gasteiger partial charge in [-0.25, -0.2) is 37.7 Å². The van der Waals surface area contributed by atoms with Crippen molar-refractivity contribution in [1.82, 2.24) is 49.4 Å². The van der Waals surface area contributed by atoms with Crippen molar-refractivity contribution >= 4 is 11.9 Å². The van der Waals surface area contributed by atoms with Crippen molar-refractivity contribution in [3.05, 3.63) is 118 Å². The highest BCUT2D eigenvalue weighted by atomic mass is 19.1. The number of nitrogens with one attached hydrogen (secondary N) is 2. The molecule has 5 aromatic rings. The van der Waals surface area contributed by atoms with Gasteiger partial charge in [0.15, 0.2) is 12.3 Å². The van der Waals surface area contributed by atoms with Gasteiger partial charge in [0.05, 0.1) is 31.0 Å². The van der Waals surface area contributed by atoms with Crippen LogP contribution < -0.4 is 22.3 Å². The topological polar surface area (TPSA) is 332 Å². The Bertz CT molecular complexity index is 2200. The lowest BCUT2D eigenvalue weighted by molar-refractivity contribution is -0.149. The van der Waals surface area contributed by atoms with E-state index in [0.29, 0.717) is 0 Å². The number of hydrogen-bond donors (Lipinski definition) is 9. The van der Waals surface area contributed by atoms with Gasteiger partial charge in [0.1, 0.15) is 72.7 Å². The zero-order valence-corrected chi connectivity index (χ0v) is 29.6. The smallest absolute Gasteiger partial charge is 0.330 e. The van der Waals surface area contributed by atoms with Crippen molar-refractivity contribution in [2.45, 2.75) is 68.3 Å². The summed E-state index contributed by atoms with van der Waals surface area (Å²) in [6, 6.07) is 3.24. The average molecular weight is 802 g/mol. The molecular weight excluding hydrogens is 764 g/mol. The number of pyridine rings is 1. The number of carbonyl (C=O) groups excluding carboxylic acids is 1. The van der Waals surface area contributed by atoms with Crippen molar-refractivity contribution in [2.75, 3.05) is 0 Å². The van der Waals surface area contributed by atoms with Crippen molar-refractivity contribution < 1.29 is 53.7 Å². The number of aromatic nitrogens is 9. The number of carbonyl (C=O) groups is 2. The summed E-state index contributed by atoms with van der Waals surface area (Å²) < 4.78 is 36.1. The van der Waals surface area contributed by atoms with Crippen molar-refractivity contribution in [2.24, 2.45) is 11.7 Å². The van der Waals surface area contributed by atoms with Crippen LogP contribution in [0.25, 0.3) is 0 Å². The third kappa shape index (κ3) is 9.74. The predicted octanol–water partition coefficient (Wildman–Crippen LogP) is -2.74. The van der Waals surface area contributed by atoms with E-state index in [0.717, 1.165) is 35.2 Å². The van der Waals surface area contributed by atoms with Crippen LogP contribution >= 0.6 is 0 Å². The second kappa shape index (κ2) is 17.7. The number of nitrogens with zero attached hydrogens (tertiary/aromatic N) is 8. The van der Waals surface area contributed by atoms with E-state index in [9.17, 15) is 58.6 Å². The van der Waals surface area contributed by atoms with Gasteiger partial charge in [-0.05, 0) is 18.2 Å². The summed E-state index contributed by atoms with van der Waals surface area (Å²) in [5.74, 6) is -5.32. The largest absolute Gasteiger partial charge is 0.506 e. The van der Waals surface area contributed by atoms with Crippen LogP contribution in [0.15, 0.2) is 83.7 Å². The third-order valence-corrected chi connectivity index (χ3v) is 8.95. The summed E-state index contributed by atoms with van der Waals surface area (Å²) in [7, 11) is 0. The summed E-state index contributed by atoms with van der Waals surface area (Å²) in [6.07, 6.45) is -0.755. The Morgan fingerprint density at radius 2 is 1.68 bits per heavy atom. The number of aromatic amines is 1. The summed E-state index contributed by atoms with van der Waals surface area (Å²) in [6.45, 7) is 1.27. The second-order valence-electron chi connectivity index (χ2n) is 12.9. The first-order valence-electron chi connectivity index (χ1n) is 16.8. The SMILES string of the molecule is C[C@@H]([C@H](N)C(=O)N[C@H](C(=O)O)[C@H]1OC(n2ccc(=O)[nH]c2=O)[C@H](O)[C@@H]1O)[C@H](O)c1ccc(O)cn1.OC(Cn1cncn1)(Cn1cncn1)c1ccc(F)cc1F. The minimum absolute atomic E-state index is 0.0556. The fourth-order valence-electron chi connectivity index (χ4n) is 5.88. The highest BCUT2D eigenvalue weighted by Gasteiger charge is 2.50. The molecule has 1 amide bonds. The average Bonchev–Trinajstić information content (AvgIpc) is 3.93. The molecule has 10 N–H and O–H groups in total. The van der Waals surface area contributed by atoms with E-state index >= 15 is 0 Å². The van der Waals surface area contributed by atoms with Crippen LogP contribution in [-0.4, -0.2) is 117 Å².